The smallest absolute Gasteiger partial charge is 0.319 e. The Labute approximate surface area is 202 Å². The van der Waals surface area contributed by atoms with E-state index in [1.165, 1.54) is 31.2 Å². The Bertz CT molecular complexity index is 1370. The molecule has 1 N–H and O–H groups in total. The third-order valence-electron chi connectivity index (χ3n) is 6.43. The highest BCUT2D eigenvalue weighted by Gasteiger charge is 2.49. The quantitative estimate of drug-likeness (QED) is 0.248. The van der Waals surface area contributed by atoms with E-state index in [0.29, 0.717) is 11.1 Å². The number of imide groups is 1. The largest absolute Gasteiger partial charge is 0.325 e. The summed E-state index contributed by atoms with van der Waals surface area (Å²) in [6, 6.07) is 12.6. The number of amides is 3. The van der Waals surface area contributed by atoms with E-state index in [0.717, 1.165) is 33.1 Å². The summed E-state index contributed by atoms with van der Waals surface area (Å²) in [7, 11) is 0. The molecular weight excluding hydrogens is 448 g/mol. The van der Waals surface area contributed by atoms with Crippen molar-refractivity contribution in [2.24, 2.45) is 0 Å². The molecule has 1 saturated heterocycles. The topological polar surface area (TPSA) is 115 Å². The first kappa shape index (κ1) is 23.9. The highest BCUT2D eigenvalue weighted by Crippen LogP contribution is 2.31. The molecule has 1 aliphatic heterocycles. The van der Waals surface area contributed by atoms with E-state index in [-0.39, 0.29) is 11.5 Å². The Morgan fingerprint density at radius 1 is 1.00 bits per heavy atom. The molecule has 9 nitrogen and oxygen atoms in total. The van der Waals surface area contributed by atoms with Crippen LogP contribution in [0.1, 0.15) is 45.4 Å². The van der Waals surface area contributed by atoms with Crippen LogP contribution in [0.5, 0.6) is 0 Å². The van der Waals surface area contributed by atoms with Crippen LogP contribution in [0.3, 0.4) is 0 Å². The molecule has 1 aliphatic rings. The number of benzene rings is 2. The number of nitrogens with one attached hydrogen (secondary N) is 1. The lowest BCUT2D eigenvalue weighted by atomic mass is 9.92. The maximum atomic E-state index is 13.2. The first-order valence-corrected chi connectivity index (χ1v) is 11.1. The average molecular weight is 475 g/mol. The Morgan fingerprint density at radius 2 is 1.60 bits per heavy atom. The molecule has 1 aromatic heterocycles. The van der Waals surface area contributed by atoms with Gasteiger partial charge in [-0.3, -0.25) is 24.6 Å². The molecule has 0 bridgehead atoms. The second-order valence-electron chi connectivity index (χ2n) is 9.14. The number of aromatic nitrogens is 1. The number of nitrogens with zero attached hydrogens (tertiary/aromatic N) is 3. The monoisotopic (exact) mass is 474 g/mol. The Kier molecular flexibility index (Phi) is 5.80. The summed E-state index contributed by atoms with van der Waals surface area (Å²) in [5.74, 6) is -0.946. The molecule has 0 saturated carbocycles. The van der Waals surface area contributed by atoms with E-state index in [4.69, 9.17) is 0 Å². The molecule has 0 radical (unpaired) electrons. The molecule has 1 unspecified atom stereocenters. The molecule has 3 aromatic rings. The third-order valence-corrected chi connectivity index (χ3v) is 6.43. The number of rotatable bonds is 6. The van der Waals surface area contributed by atoms with Crippen LogP contribution in [0.2, 0.25) is 0 Å². The first-order valence-electron chi connectivity index (χ1n) is 11.1. The molecule has 2 aromatic carbocycles. The number of nitro groups is 1. The zero-order valence-electron chi connectivity index (χ0n) is 20.2. The van der Waals surface area contributed by atoms with Crippen molar-refractivity contribution in [2.75, 3.05) is 6.54 Å². The zero-order valence-corrected chi connectivity index (χ0v) is 20.2. The second kappa shape index (κ2) is 8.50. The van der Waals surface area contributed by atoms with Gasteiger partial charge in [0.05, 0.1) is 11.5 Å². The van der Waals surface area contributed by atoms with Gasteiger partial charge < -0.3 is 9.88 Å². The fraction of sp³-hybridized carbons (Fsp3) is 0.269. The molecule has 2 heterocycles. The number of hydrogen-bond acceptors (Lipinski definition) is 5. The van der Waals surface area contributed by atoms with Crippen molar-refractivity contribution in [3.05, 3.63) is 92.3 Å². The van der Waals surface area contributed by atoms with Crippen LogP contribution >= 0.6 is 0 Å². The molecule has 1 fully saturated rings. The van der Waals surface area contributed by atoms with Gasteiger partial charge in [-0.05, 0) is 81.6 Å². The van der Waals surface area contributed by atoms with Crippen molar-refractivity contribution >= 4 is 23.4 Å². The molecule has 1 atom stereocenters. The number of aryl methyl sites for hydroxylation is 3. The number of nitro benzene ring substituents is 1. The van der Waals surface area contributed by atoms with E-state index >= 15 is 0 Å². The van der Waals surface area contributed by atoms with Crippen molar-refractivity contribution in [2.45, 2.75) is 40.2 Å². The Morgan fingerprint density at radius 3 is 2.17 bits per heavy atom. The van der Waals surface area contributed by atoms with Gasteiger partial charge in [0.15, 0.2) is 5.78 Å². The van der Waals surface area contributed by atoms with Crippen LogP contribution in [0, 0.1) is 37.8 Å². The van der Waals surface area contributed by atoms with E-state index < -0.39 is 28.9 Å². The predicted octanol–water partition coefficient (Wildman–Crippen LogP) is 4.27. The van der Waals surface area contributed by atoms with Gasteiger partial charge in [-0.2, -0.15) is 0 Å². The molecule has 3 amide bonds. The number of non-ortho nitro benzene ring substituents is 1. The van der Waals surface area contributed by atoms with E-state index in [1.54, 1.807) is 6.07 Å². The third kappa shape index (κ3) is 4.09. The van der Waals surface area contributed by atoms with Crippen LogP contribution in [0.4, 0.5) is 10.5 Å². The van der Waals surface area contributed by atoms with Gasteiger partial charge in [-0.1, -0.05) is 6.07 Å². The van der Waals surface area contributed by atoms with Crippen LogP contribution < -0.4 is 5.32 Å². The minimum absolute atomic E-state index is 0.125. The van der Waals surface area contributed by atoms with Gasteiger partial charge >= 0.3 is 6.03 Å². The van der Waals surface area contributed by atoms with Crippen LogP contribution in [0.25, 0.3) is 5.69 Å². The number of carbonyl (C=O) groups excluding carboxylic acids is 3. The summed E-state index contributed by atoms with van der Waals surface area (Å²) >= 11 is 0. The number of urea groups is 1. The Hall–Kier alpha value is -4.27. The van der Waals surface area contributed by atoms with E-state index in [9.17, 15) is 24.5 Å². The van der Waals surface area contributed by atoms with Crippen LogP contribution in [-0.2, 0) is 10.3 Å². The highest BCUT2D eigenvalue weighted by molar-refractivity contribution is 6.11. The van der Waals surface area contributed by atoms with Crippen molar-refractivity contribution in [1.29, 1.82) is 0 Å². The molecule has 4 rings (SSSR count). The van der Waals surface area contributed by atoms with Crippen molar-refractivity contribution in [3.8, 4) is 5.69 Å². The summed E-state index contributed by atoms with van der Waals surface area (Å²) in [6.45, 7) is 8.87. The van der Waals surface area contributed by atoms with Crippen molar-refractivity contribution in [1.82, 2.24) is 14.8 Å². The number of hydrogen-bond donors (Lipinski definition) is 1. The summed E-state index contributed by atoms with van der Waals surface area (Å²) in [6.07, 6.45) is 0. The predicted molar refractivity (Wildman–Crippen MR) is 130 cm³/mol. The fourth-order valence-corrected chi connectivity index (χ4v) is 4.70. The lowest BCUT2D eigenvalue weighted by Crippen LogP contribution is -2.41. The van der Waals surface area contributed by atoms with Gasteiger partial charge in [-0.15, -0.1) is 0 Å². The molecule has 0 aliphatic carbocycles. The number of carbonyl (C=O) groups is 3. The van der Waals surface area contributed by atoms with Gasteiger partial charge in [0, 0.05) is 34.8 Å². The standard InChI is InChI=1S/C26H26N4O5/c1-15-10-16(2)12-21(11-15)29-17(3)13-22(18(29)4)23(31)14-28-24(32)26(5,27-25(28)33)19-6-8-20(9-7-19)30(34)35/h6-13H,14H2,1-5H3,(H,27,33). The number of Topliss-reactive ketones (excluding diaryl/α,β-unsaturated/α-hetero) is 1. The molecule has 180 valence electrons. The number of ketones is 1. The van der Waals surface area contributed by atoms with Gasteiger partial charge in [0.1, 0.15) is 5.54 Å². The maximum absolute atomic E-state index is 13.2. The van der Waals surface area contributed by atoms with Crippen molar-refractivity contribution < 1.29 is 19.3 Å². The van der Waals surface area contributed by atoms with Crippen LogP contribution in [-0.4, -0.2) is 38.7 Å². The summed E-state index contributed by atoms with van der Waals surface area (Å²) in [5.41, 5.74) is 4.01. The fourth-order valence-electron chi connectivity index (χ4n) is 4.70. The van der Waals surface area contributed by atoms with Gasteiger partial charge in [0.2, 0.25) is 0 Å². The zero-order chi connectivity index (χ0) is 25.7. The average Bonchev–Trinajstić information content (AvgIpc) is 3.20. The van der Waals surface area contributed by atoms with Crippen molar-refractivity contribution in [3.63, 3.8) is 0 Å². The van der Waals surface area contributed by atoms with E-state index in [1.807, 2.05) is 44.4 Å². The molecule has 9 heteroatoms. The summed E-state index contributed by atoms with van der Waals surface area (Å²) in [4.78, 5) is 50.5. The SMILES string of the molecule is Cc1cc(C)cc(-n2c(C)cc(C(=O)CN3C(=O)NC(C)(c4ccc([N+](=O)[O-])cc4)C3=O)c2C)c1. The minimum Gasteiger partial charge on any atom is -0.319 e. The summed E-state index contributed by atoms with van der Waals surface area (Å²) in [5, 5.41) is 13.6. The highest BCUT2D eigenvalue weighted by atomic mass is 16.6. The van der Waals surface area contributed by atoms with Gasteiger partial charge in [-0.25, -0.2) is 4.79 Å². The molecular formula is C26H26N4O5. The molecule has 0 spiro atoms. The van der Waals surface area contributed by atoms with E-state index in [2.05, 4.69) is 11.4 Å². The normalized spacial score (nSPS) is 17.6. The Balaban J connectivity index is 1.60. The second-order valence-corrected chi connectivity index (χ2v) is 9.14. The minimum atomic E-state index is -1.43. The molecule has 35 heavy (non-hydrogen) atoms. The summed E-state index contributed by atoms with van der Waals surface area (Å²) < 4.78 is 1.99. The lowest BCUT2D eigenvalue weighted by Gasteiger charge is -2.22. The van der Waals surface area contributed by atoms with Crippen LogP contribution in [0.15, 0.2) is 48.5 Å². The maximum Gasteiger partial charge on any atom is 0.325 e. The first-order chi connectivity index (χ1) is 16.4. The lowest BCUT2D eigenvalue weighted by molar-refractivity contribution is -0.384. The van der Waals surface area contributed by atoms with Gasteiger partial charge in [0.25, 0.3) is 11.6 Å².